The van der Waals surface area contributed by atoms with Gasteiger partial charge in [0, 0.05) is 5.56 Å². The van der Waals surface area contributed by atoms with Crippen LogP contribution in [-0.4, -0.2) is 18.5 Å². The van der Waals surface area contributed by atoms with Crippen LogP contribution in [-0.2, 0) is 14.3 Å². The van der Waals surface area contributed by atoms with Crippen molar-refractivity contribution in [1.82, 2.24) is 0 Å². The molecule has 4 heteroatoms. The third-order valence-electron chi connectivity index (χ3n) is 2.81. The molecule has 2 aromatic carbocycles. The Kier molecular flexibility index (Phi) is 5.49. The molecule has 0 aromatic heterocycles. The van der Waals surface area contributed by atoms with Crippen LogP contribution >= 0.6 is 0 Å². The van der Waals surface area contributed by atoms with E-state index in [-0.39, 0.29) is 12.4 Å². The van der Waals surface area contributed by atoms with Gasteiger partial charge in [-0.2, -0.15) is 0 Å². The molecular formula is C18H16O4. The molecule has 0 radical (unpaired) electrons. The van der Waals surface area contributed by atoms with E-state index in [0.29, 0.717) is 11.1 Å². The molecule has 0 saturated carbocycles. The van der Waals surface area contributed by atoms with E-state index in [0.717, 1.165) is 0 Å². The van der Waals surface area contributed by atoms with E-state index in [1.54, 1.807) is 55.5 Å². The zero-order valence-electron chi connectivity index (χ0n) is 12.2. The fourth-order valence-electron chi connectivity index (χ4n) is 1.80. The minimum atomic E-state index is -0.554. The molecule has 22 heavy (non-hydrogen) atoms. The summed E-state index contributed by atoms with van der Waals surface area (Å²) in [5.41, 5.74) is 1.04. The highest BCUT2D eigenvalue weighted by molar-refractivity contribution is 5.96. The summed E-state index contributed by atoms with van der Waals surface area (Å²) >= 11 is 0. The lowest BCUT2D eigenvalue weighted by atomic mass is 10.1. The SMILES string of the molecule is CCOC(=O)/C=C(/OC(=O)c1ccccc1)c1ccccc1. The summed E-state index contributed by atoms with van der Waals surface area (Å²) in [6.07, 6.45) is 1.18. The molecule has 0 aliphatic carbocycles. The first kappa shape index (κ1) is 15.5. The second-order valence-corrected chi connectivity index (χ2v) is 4.38. The van der Waals surface area contributed by atoms with Gasteiger partial charge in [-0.1, -0.05) is 48.5 Å². The summed E-state index contributed by atoms with van der Waals surface area (Å²) in [5.74, 6) is -0.921. The van der Waals surface area contributed by atoms with Crippen LogP contribution in [0.1, 0.15) is 22.8 Å². The molecule has 0 unspecified atom stereocenters. The molecule has 112 valence electrons. The van der Waals surface area contributed by atoms with Gasteiger partial charge in [0.2, 0.25) is 0 Å². The van der Waals surface area contributed by atoms with Crippen LogP contribution in [0, 0.1) is 0 Å². The largest absolute Gasteiger partial charge is 0.463 e. The predicted molar refractivity (Wildman–Crippen MR) is 82.9 cm³/mol. The van der Waals surface area contributed by atoms with Gasteiger partial charge < -0.3 is 9.47 Å². The van der Waals surface area contributed by atoms with E-state index in [2.05, 4.69) is 0 Å². The number of esters is 2. The van der Waals surface area contributed by atoms with Crippen molar-refractivity contribution in [2.45, 2.75) is 6.92 Å². The summed E-state index contributed by atoms with van der Waals surface area (Å²) in [6.45, 7) is 1.97. The van der Waals surface area contributed by atoms with E-state index in [9.17, 15) is 9.59 Å². The van der Waals surface area contributed by atoms with Crippen molar-refractivity contribution < 1.29 is 19.1 Å². The third-order valence-corrected chi connectivity index (χ3v) is 2.81. The zero-order valence-corrected chi connectivity index (χ0v) is 12.2. The lowest BCUT2D eigenvalue weighted by Crippen LogP contribution is -2.07. The molecule has 0 aliphatic rings. The second-order valence-electron chi connectivity index (χ2n) is 4.38. The highest BCUT2D eigenvalue weighted by atomic mass is 16.5. The molecule has 0 saturated heterocycles. The fraction of sp³-hybridized carbons (Fsp3) is 0.111. The minimum Gasteiger partial charge on any atom is -0.463 e. The van der Waals surface area contributed by atoms with Gasteiger partial charge in [0.1, 0.15) is 5.76 Å². The average molecular weight is 296 g/mol. The Balaban J connectivity index is 2.25. The molecule has 4 nitrogen and oxygen atoms in total. The van der Waals surface area contributed by atoms with Gasteiger partial charge in [-0.15, -0.1) is 0 Å². The van der Waals surface area contributed by atoms with Crippen molar-refractivity contribution in [1.29, 1.82) is 0 Å². The second kappa shape index (κ2) is 7.78. The fourth-order valence-corrected chi connectivity index (χ4v) is 1.80. The van der Waals surface area contributed by atoms with E-state index in [4.69, 9.17) is 9.47 Å². The van der Waals surface area contributed by atoms with Gasteiger partial charge in [0.25, 0.3) is 0 Å². The normalized spacial score (nSPS) is 10.9. The van der Waals surface area contributed by atoms with Crippen molar-refractivity contribution >= 4 is 17.7 Å². The van der Waals surface area contributed by atoms with Crippen LogP contribution in [0.25, 0.3) is 5.76 Å². The number of ether oxygens (including phenoxy) is 2. The van der Waals surface area contributed by atoms with Gasteiger partial charge in [0.15, 0.2) is 0 Å². The van der Waals surface area contributed by atoms with E-state index < -0.39 is 11.9 Å². The highest BCUT2D eigenvalue weighted by Crippen LogP contribution is 2.18. The smallest absolute Gasteiger partial charge is 0.343 e. The highest BCUT2D eigenvalue weighted by Gasteiger charge is 2.13. The number of rotatable bonds is 5. The predicted octanol–water partition coefficient (Wildman–Crippen LogP) is 3.45. The molecule has 0 spiro atoms. The van der Waals surface area contributed by atoms with Crippen LogP contribution in [0.15, 0.2) is 66.7 Å². The first-order valence-corrected chi connectivity index (χ1v) is 6.92. The van der Waals surface area contributed by atoms with Gasteiger partial charge in [0.05, 0.1) is 18.2 Å². The Bertz CT molecular complexity index is 660. The number of hydrogen-bond acceptors (Lipinski definition) is 4. The lowest BCUT2D eigenvalue weighted by Gasteiger charge is -2.09. The molecule has 0 aliphatic heterocycles. The lowest BCUT2D eigenvalue weighted by molar-refractivity contribution is -0.137. The van der Waals surface area contributed by atoms with Crippen molar-refractivity contribution in [2.75, 3.05) is 6.61 Å². The minimum absolute atomic E-state index is 0.160. The average Bonchev–Trinajstić information content (AvgIpc) is 2.56. The van der Waals surface area contributed by atoms with Crippen molar-refractivity contribution in [2.24, 2.45) is 0 Å². The van der Waals surface area contributed by atoms with E-state index >= 15 is 0 Å². The zero-order chi connectivity index (χ0) is 15.8. The standard InChI is InChI=1S/C18H16O4/c1-2-21-17(19)13-16(14-9-5-3-6-10-14)22-18(20)15-11-7-4-8-12-15/h3-13H,2H2,1H3/b16-13+. The summed E-state index contributed by atoms with van der Waals surface area (Å²) in [5, 5.41) is 0. The topological polar surface area (TPSA) is 52.6 Å². The summed E-state index contributed by atoms with van der Waals surface area (Å²) in [4.78, 5) is 23.8. The van der Waals surface area contributed by atoms with E-state index in [1.165, 1.54) is 6.08 Å². The number of carbonyl (C=O) groups excluding carboxylic acids is 2. The Morgan fingerprint density at radius 3 is 2.00 bits per heavy atom. The van der Waals surface area contributed by atoms with Crippen LogP contribution < -0.4 is 0 Å². The first-order valence-electron chi connectivity index (χ1n) is 6.92. The number of benzene rings is 2. The molecule has 0 bridgehead atoms. The Hall–Kier alpha value is -2.88. The maximum Gasteiger partial charge on any atom is 0.343 e. The third kappa shape index (κ3) is 4.31. The molecule has 0 N–H and O–H groups in total. The molecule has 0 fully saturated rings. The first-order chi connectivity index (χ1) is 10.7. The van der Waals surface area contributed by atoms with Crippen LogP contribution in [0.2, 0.25) is 0 Å². The maximum absolute atomic E-state index is 12.2. The summed E-state index contributed by atoms with van der Waals surface area (Å²) < 4.78 is 10.2. The summed E-state index contributed by atoms with van der Waals surface area (Å²) in [6, 6.07) is 17.5. The van der Waals surface area contributed by atoms with Crippen molar-refractivity contribution in [3.63, 3.8) is 0 Å². The van der Waals surface area contributed by atoms with Crippen LogP contribution in [0.3, 0.4) is 0 Å². The van der Waals surface area contributed by atoms with Gasteiger partial charge in [-0.25, -0.2) is 9.59 Å². The number of carbonyl (C=O) groups is 2. The van der Waals surface area contributed by atoms with Gasteiger partial charge in [-0.05, 0) is 19.1 Å². The summed E-state index contributed by atoms with van der Waals surface area (Å²) in [7, 11) is 0. The molecule has 2 aromatic rings. The van der Waals surface area contributed by atoms with E-state index in [1.807, 2.05) is 12.1 Å². The maximum atomic E-state index is 12.2. The molecule has 0 amide bonds. The molecule has 0 heterocycles. The van der Waals surface area contributed by atoms with Crippen molar-refractivity contribution in [3.8, 4) is 0 Å². The molecule has 0 atom stereocenters. The molecular weight excluding hydrogens is 280 g/mol. The Morgan fingerprint density at radius 2 is 1.45 bits per heavy atom. The quantitative estimate of drug-likeness (QED) is 0.482. The van der Waals surface area contributed by atoms with Crippen molar-refractivity contribution in [3.05, 3.63) is 77.9 Å². The van der Waals surface area contributed by atoms with Crippen LogP contribution in [0.5, 0.6) is 0 Å². The van der Waals surface area contributed by atoms with Gasteiger partial charge in [-0.3, -0.25) is 0 Å². The Morgan fingerprint density at radius 1 is 0.909 bits per heavy atom. The van der Waals surface area contributed by atoms with Gasteiger partial charge >= 0.3 is 11.9 Å². The molecule has 2 rings (SSSR count). The van der Waals surface area contributed by atoms with Crippen LogP contribution in [0.4, 0.5) is 0 Å². The number of hydrogen-bond donors (Lipinski definition) is 0. The monoisotopic (exact) mass is 296 g/mol. The Labute approximate surface area is 129 Å².